The Labute approximate surface area is 150 Å². The first-order valence-corrected chi connectivity index (χ1v) is 9.24. The van der Waals surface area contributed by atoms with Crippen LogP contribution in [0.2, 0.25) is 0 Å². The maximum Gasteiger partial charge on any atom is 0.0370 e. The maximum atomic E-state index is 3.74. The highest BCUT2D eigenvalue weighted by molar-refractivity contribution is 5.85. The maximum absolute atomic E-state index is 3.74. The molecule has 0 radical (unpaired) electrons. The van der Waals surface area contributed by atoms with Crippen LogP contribution in [0.1, 0.15) is 25.3 Å². The molecule has 3 aromatic rings. The summed E-state index contributed by atoms with van der Waals surface area (Å²) in [5.74, 6) is 0. The molecule has 0 bridgehead atoms. The van der Waals surface area contributed by atoms with Crippen LogP contribution >= 0.6 is 0 Å². The van der Waals surface area contributed by atoms with Crippen molar-refractivity contribution in [2.75, 3.05) is 18.4 Å². The highest BCUT2D eigenvalue weighted by Gasteiger charge is 2.29. The Bertz CT molecular complexity index is 828. The number of benzene rings is 3. The molecule has 25 heavy (non-hydrogen) atoms. The fourth-order valence-corrected chi connectivity index (χ4v) is 3.87. The van der Waals surface area contributed by atoms with E-state index in [1.54, 1.807) is 0 Å². The number of hydrogen-bond acceptors (Lipinski definition) is 2. The minimum atomic E-state index is 0.191. The van der Waals surface area contributed by atoms with Gasteiger partial charge in [0.1, 0.15) is 0 Å². The minimum absolute atomic E-state index is 0.191. The summed E-state index contributed by atoms with van der Waals surface area (Å²) in [4.78, 5) is 2.59. The van der Waals surface area contributed by atoms with Crippen molar-refractivity contribution >= 4 is 16.5 Å². The van der Waals surface area contributed by atoms with Crippen LogP contribution in [0.4, 0.5) is 5.69 Å². The molecule has 0 aromatic heterocycles. The lowest BCUT2D eigenvalue weighted by Gasteiger charge is -2.40. The number of hydrogen-bond donors (Lipinski definition) is 1. The number of nitrogens with zero attached hydrogens (tertiary/aromatic N) is 1. The van der Waals surface area contributed by atoms with Gasteiger partial charge in [0.25, 0.3) is 0 Å². The summed E-state index contributed by atoms with van der Waals surface area (Å²) < 4.78 is 0. The lowest BCUT2D eigenvalue weighted by atomic mass is 9.89. The van der Waals surface area contributed by atoms with Gasteiger partial charge in [-0.05, 0) is 48.2 Å². The predicted molar refractivity (Wildman–Crippen MR) is 107 cm³/mol. The Kier molecular flexibility index (Phi) is 4.46. The Hall–Kier alpha value is -2.32. The first kappa shape index (κ1) is 16.2. The van der Waals surface area contributed by atoms with Gasteiger partial charge in [0.15, 0.2) is 0 Å². The molecule has 1 heterocycles. The van der Waals surface area contributed by atoms with Gasteiger partial charge in [-0.2, -0.15) is 0 Å². The van der Waals surface area contributed by atoms with E-state index in [0.717, 1.165) is 19.6 Å². The first-order valence-electron chi connectivity index (χ1n) is 9.24. The summed E-state index contributed by atoms with van der Waals surface area (Å²) in [6, 6.07) is 26.0. The van der Waals surface area contributed by atoms with E-state index in [0.29, 0.717) is 0 Å². The van der Waals surface area contributed by atoms with E-state index in [2.05, 4.69) is 89.9 Å². The SMILES string of the molecule is CC1(Nc2ccccc2)CCN(Cc2cccc3ccccc23)CC1. The number of piperidine rings is 1. The number of para-hydroxylation sites is 1. The Morgan fingerprint density at radius 1 is 0.840 bits per heavy atom. The highest BCUT2D eigenvalue weighted by atomic mass is 15.2. The summed E-state index contributed by atoms with van der Waals surface area (Å²) in [6.45, 7) is 5.68. The average Bonchev–Trinajstić information content (AvgIpc) is 2.65. The van der Waals surface area contributed by atoms with Gasteiger partial charge in [-0.15, -0.1) is 0 Å². The van der Waals surface area contributed by atoms with E-state index >= 15 is 0 Å². The molecule has 1 fully saturated rings. The van der Waals surface area contributed by atoms with E-state index in [-0.39, 0.29) is 5.54 Å². The monoisotopic (exact) mass is 330 g/mol. The number of rotatable bonds is 4. The summed E-state index contributed by atoms with van der Waals surface area (Å²) in [5, 5.41) is 6.47. The van der Waals surface area contributed by atoms with Crippen LogP contribution in [-0.4, -0.2) is 23.5 Å². The van der Waals surface area contributed by atoms with Gasteiger partial charge in [0.2, 0.25) is 0 Å². The predicted octanol–water partition coefficient (Wildman–Crippen LogP) is 5.31. The number of nitrogens with one attached hydrogen (secondary N) is 1. The molecule has 1 aliphatic heterocycles. The minimum Gasteiger partial charge on any atom is -0.380 e. The van der Waals surface area contributed by atoms with E-state index in [1.807, 2.05) is 0 Å². The van der Waals surface area contributed by atoms with Crippen LogP contribution in [0.15, 0.2) is 72.8 Å². The molecule has 0 saturated carbocycles. The van der Waals surface area contributed by atoms with Crippen molar-refractivity contribution in [2.45, 2.75) is 31.8 Å². The fraction of sp³-hybridized carbons (Fsp3) is 0.304. The molecule has 1 N–H and O–H groups in total. The topological polar surface area (TPSA) is 15.3 Å². The van der Waals surface area contributed by atoms with Crippen molar-refractivity contribution in [3.8, 4) is 0 Å². The third kappa shape index (κ3) is 3.69. The molecule has 3 aromatic carbocycles. The van der Waals surface area contributed by atoms with Crippen LogP contribution in [0.25, 0.3) is 10.8 Å². The summed E-state index contributed by atoms with van der Waals surface area (Å²) >= 11 is 0. The second kappa shape index (κ2) is 6.89. The zero-order valence-electron chi connectivity index (χ0n) is 14.9. The number of likely N-dealkylation sites (tertiary alicyclic amines) is 1. The standard InChI is InChI=1S/C23H26N2/c1-23(24-21-11-3-2-4-12-21)14-16-25(17-15-23)18-20-10-7-9-19-8-5-6-13-22(19)20/h2-13,24H,14-18H2,1H3. The highest BCUT2D eigenvalue weighted by Crippen LogP contribution is 2.28. The lowest BCUT2D eigenvalue weighted by Crippen LogP contribution is -2.46. The molecule has 0 amide bonds. The van der Waals surface area contributed by atoms with E-state index in [1.165, 1.54) is 34.9 Å². The zero-order chi connectivity index (χ0) is 17.1. The van der Waals surface area contributed by atoms with Gasteiger partial charge in [-0.1, -0.05) is 60.7 Å². The molecule has 2 nitrogen and oxygen atoms in total. The van der Waals surface area contributed by atoms with Crippen LogP contribution in [-0.2, 0) is 6.54 Å². The molecule has 0 unspecified atom stereocenters. The second-order valence-corrected chi connectivity index (χ2v) is 7.47. The molecule has 4 rings (SSSR count). The van der Waals surface area contributed by atoms with Crippen LogP contribution < -0.4 is 5.32 Å². The van der Waals surface area contributed by atoms with Crippen molar-refractivity contribution in [3.63, 3.8) is 0 Å². The molecular weight excluding hydrogens is 304 g/mol. The summed E-state index contributed by atoms with van der Waals surface area (Å²) in [6.07, 6.45) is 2.35. The van der Waals surface area contributed by atoms with Crippen LogP contribution in [0.5, 0.6) is 0 Å². The largest absolute Gasteiger partial charge is 0.380 e. The smallest absolute Gasteiger partial charge is 0.0370 e. The summed E-state index contributed by atoms with van der Waals surface area (Å²) in [7, 11) is 0. The van der Waals surface area contributed by atoms with Crippen molar-refractivity contribution in [1.82, 2.24) is 4.90 Å². The van der Waals surface area contributed by atoms with Crippen molar-refractivity contribution in [2.24, 2.45) is 0 Å². The average molecular weight is 330 g/mol. The van der Waals surface area contributed by atoms with Gasteiger partial charge in [0, 0.05) is 30.9 Å². The zero-order valence-corrected chi connectivity index (χ0v) is 14.9. The first-order chi connectivity index (χ1) is 12.2. The van der Waals surface area contributed by atoms with Crippen molar-refractivity contribution < 1.29 is 0 Å². The van der Waals surface area contributed by atoms with Gasteiger partial charge >= 0.3 is 0 Å². The molecule has 128 valence electrons. The lowest BCUT2D eigenvalue weighted by molar-refractivity contribution is 0.175. The second-order valence-electron chi connectivity index (χ2n) is 7.47. The van der Waals surface area contributed by atoms with Gasteiger partial charge in [-0.3, -0.25) is 4.90 Å². The quantitative estimate of drug-likeness (QED) is 0.698. The molecule has 0 atom stereocenters. The van der Waals surface area contributed by atoms with E-state index in [4.69, 9.17) is 0 Å². The Balaban J connectivity index is 1.42. The molecule has 2 heteroatoms. The van der Waals surface area contributed by atoms with E-state index < -0.39 is 0 Å². The fourth-order valence-electron chi connectivity index (χ4n) is 3.87. The van der Waals surface area contributed by atoms with Crippen molar-refractivity contribution in [3.05, 3.63) is 78.4 Å². The molecule has 0 aliphatic carbocycles. The Morgan fingerprint density at radius 3 is 2.32 bits per heavy atom. The van der Waals surface area contributed by atoms with Crippen LogP contribution in [0, 0.1) is 0 Å². The van der Waals surface area contributed by atoms with Crippen molar-refractivity contribution in [1.29, 1.82) is 0 Å². The van der Waals surface area contributed by atoms with E-state index in [9.17, 15) is 0 Å². The molecule has 1 aliphatic rings. The third-order valence-electron chi connectivity index (χ3n) is 5.45. The van der Waals surface area contributed by atoms with Gasteiger partial charge in [-0.25, -0.2) is 0 Å². The van der Waals surface area contributed by atoms with Crippen LogP contribution in [0.3, 0.4) is 0 Å². The summed E-state index contributed by atoms with van der Waals surface area (Å²) in [5.41, 5.74) is 2.86. The molecule has 1 saturated heterocycles. The third-order valence-corrected chi connectivity index (χ3v) is 5.45. The van der Waals surface area contributed by atoms with Gasteiger partial charge in [0.05, 0.1) is 0 Å². The normalized spacial score (nSPS) is 17.5. The molecular formula is C23H26N2. The van der Waals surface area contributed by atoms with Gasteiger partial charge < -0.3 is 5.32 Å². The number of fused-ring (bicyclic) bond motifs is 1. The Morgan fingerprint density at radius 2 is 1.52 bits per heavy atom. The molecule has 0 spiro atoms. The number of anilines is 1.